The molecule has 1 saturated carbocycles. The molecule has 0 amide bonds. The lowest BCUT2D eigenvalue weighted by Gasteiger charge is -2.39. The molecular formula is C32H44F2N8O. The SMILES string of the molecule is FC(F)c1nc2ccccc2n1-c1cc(NC[C@H]2CC[C@H](N3CCC[C@H]3CN3CCCC3)CC2)nc(N2CCOCC2)n1. The molecule has 3 saturated heterocycles. The van der Waals surface area contributed by atoms with Gasteiger partial charge in [-0.05, 0) is 89.1 Å². The van der Waals surface area contributed by atoms with Crippen molar-refractivity contribution in [3.05, 3.63) is 36.2 Å². The number of hydrogen-bond acceptors (Lipinski definition) is 8. The molecule has 11 heteroatoms. The topological polar surface area (TPSA) is 74.6 Å². The lowest BCUT2D eigenvalue weighted by molar-refractivity contribution is 0.105. The number of rotatable bonds is 9. The highest BCUT2D eigenvalue weighted by atomic mass is 19.3. The molecule has 232 valence electrons. The summed E-state index contributed by atoms with van der Waals surface area (Å²) in [6, 6.07) is 10.4. The van der Waals surface area contributed by atoms with Crippen LogP contribution in [0.3, 0.4) is 0 Å². The molecule has 5 heterocycles. The van der Waals surface area contributed by atoms with Gasteiger partial charge in [-0.2, -0.15) is 9.97 Å². The average molecular weight is 595 g/mol. The van der Waals surface area contributed by atoms with Crippen molar-refractivity contribution in [3.8, 4) is 5.82 Å². The number of ether oxygens (including phenoxy) is 1. The number of morpholine rings is 1. The molecule has 1 atom stereocenters. The summed E-state index contributed by atoms with van der Waals surface area (Å²) in [6.45, 7) is 8.38. The first kappa shape index (κ1) is 28.9. The molecule has 4 fully saturated rings. The fourth-order valence-corrected chi connectivity index (χ4v) is 7.69. The highest BCUT2D eigenvalue weighted by molar-refractivity contribution is 5.78. The van der Waals surface area contributed by atoms with E-state index < -0.39 is 6.43 Å². The van der Waals surface area contributed by atoms with Gasteiger partial charge >= 0.3 is 0 Å². The number of benzene rings is 1. The highest BCUT2D eigenvalue weighted by Gasteiger charge is 2.34. The number of nitrogens with zero attached hydrogens (tertiary/aromatic N) is 7. The Labute approximate surface area is 252 Å². The van der Waals surface area contributed by atoms with E-state index in [2.05, 4.69) is 25.0 Å². The van der Waals surface area contributed by atoms with Crippen LogP contribution in [0.5, 0.6) is 0 Å². The van der Waals surface area contributed by atoms with Crippen LogP contribution in [-0.2, 0) is 4.74 Å². The Hall–Kier alpha value is -2.89. The first-order valence-corrected chi connectivity index (χ1v) is 16.3. The number of nitrogens with one attached hydrogen (secondary N) is 1. The van der Waals surface area contributed by atoms with E-state index in [0.717, 1.165) is 12.6 Å². The summed E-state index contributed by atoms with van der Waals surface area (Å²) >= 11 is 0. The second-order valence-electron chi connectivity index (χ2n) is 12.7. The molecule has 3 aromatic rings. The number of alkyl halides is 2. The molecule has 3 aliphatic heterocycles. The molecule has 4 aliphatic rings. The fraction of sp³-hybridized carbons (Fsp3) is 0.656. The molecule has 0 spiro atoms. The van der Waals surface area contributed by atoms with Crippen LogP contribution in [0.1, 0.15) is 63.6 Å². The van der Waals surface area contributed by atoms with Crippen molar-refractivity contribution in [2.45, 2.75) is 69.9 Å². The number of imidazole rings is 1. The van der Waals surface area contributed by atoms with Crippen LogP contribution in [0.25, 0.3) is 16.9 Å². The summed E-state index contributed by atoms with van der Waals surface area (Å²) < 4.78 is 35.4. The first-order chi connectivity index (χ1) is 21.1. The number of aromatic nitrogens is 4. The van der Waals surface area contributed by atoms with Gasteiger partial charge in [-0.1, -0.05) is 12.1 Å². The second kappa shape index (κ2) is 13.0. The minimum absolute atomic E-state index is 0.304. The standard InChI is InChI=1S/C32H44F2N8O/c33-30(34)31-36-26-7-1-2-8-27(26)42(31)29-20-28(37-32(38-29)40-16-18-43-19-17-40)35-21-23-9-11-24(12-10-23)41-15-5-6-25(41)22-39-13-3-4-14-39/h1-2,7-8,20,23-25,30H,3-6,9-19,21-22H2,(H,35,37,38)/t23-,24-,25-/m0/s1. The van der Waals surface area contributed by atoms with Gasteiger partial charge in [-0.3, -0.25) is 9.47 Å². The monoisotopic (exact) mass is 594 g/mol. The molecule has 2 aromatic heterocycles. The Bertz CT molecular complexity index is 1360. The van der Waals surface area contributed by atoms with Crippen molar-refractivity contribution >= 4 is 22.8 Å². The van der Waals surface area contributed by atoms with Gasteiger partial charge in [0.2, 0.25) is 5.95 Å². The van der Waals surface area contributed by atoms with Crippen molar-refractivity contribution < 1.29 is 13.5 Å². The molecule has 0 bridgehead atoms. The largest absolute Gasteiger partial charge is 0.378 e. The zero-order chi connectivity index (χ0) is 29.2. The van der Waals surface area contributed by atoms with Gasteiger partial charge in [0.25, 0.3) is 6.43 Å². The lowest BCUT2D eigenvalue weighted by atomic mass is 9.85. The van der Waals surface area contributed by atoms with E-state index in [1.54, 1.807) is 12.1 Å². The molecule has 1 N–H and O–H groups in total. The van der Waals surface area contributed by atoms with Crippen molar-refractivity contribution in [1.29, 1.82) is 0 Å². The summed E-state index contributed by atoms with van der Waals surface area (Å²) in [4.78, 5) is 21.5. The van der Waals surface area contributed by atoms with Crippen LogP contribution >= 0.6 is 0 Å². The minimum Gasteiger partial charge on any atom is -0.378 e. The smallest absolute Gasteiger partial charge is 0.296 e. The number of likely N-dealkylation sites (tertiary alicyclic amines) is 2. The normalized spacial score (nSPS) is 25.7. The molecule has 7 rings (SSSR count). The van der Waals surface area contributed by atoms with Crippen LogP contribution in [0.15, 0.2) is 30.3 Å². The number of para-hydroxylation sites is 2. The number of anilines is 2. The van der Waals surface area contributed by atoms with Crippen molar-refractivity contribution in [3.63, 3.8) is 0 Å². The molecule has 1 aromatic carbocycles. The summed E-state index contributed by atoms with van der Waals surface area (Å²) in [5, 5.41) is 3.58. The highest BCUT2D eigenvalue weighted by Crippen LogP contribution is 2.34. The Balaban J connectivity index is 1.06. The fourth-order valence-electron chi connectivity index (χ4n) is 7.69. The zero-order valence-electron chi connectivity index (χ0n) is 25.0. The maximum absolute atomic E-state index is 14.2. The Morgan fingerprint density at radius 1 is 0.884 bits per heavy atom. The molecular weight excluding hydrogens is 550 g/mol. The second-order valence-corrected chi connectivity index (χ2v) is 12.7. The van der Waals surface area contributed by atoms with E-state index in [0.29, 0.717) is 66.9 Å². The van der Waals surface area contributed by atoms with Gasteiger partial charge in [0.15, 0.2) is 5.82 Å². The summed E-state index contributed by atoms with van der Waals surface area (Å²) in [5.74, 6) is 1.86. The van der Waals surface area contributed by atoms with E-state index >= 15 is 0 Å². The molecule has 1 aliphatic carbocycles. The summed E-state index contributed by atoms with van der Waals surface area (Å²) in [6.07, 6.45) is 7.55. The Morgan fingerprint density at radius 3 is 2.47 bits per heavy atom. The van der Waals surface area contributed by atoms with Crippen LogP contribution in [0, 0.1) is 5.92 Å². The average Bonchev–Trinajstić information content (AvgIpc) is 3.81. The van der Waals surface area contributed by atoms with Crippen LogP contribution in [0.2, 0.25) is 0 Å². The molecule has 0 radical (unpaired) electrons. The van der Waals surface area contributed by atoms with E-state index in [1.165, 1.54) is 82.1 Å². The molecule has 0 unspecified atom stereocenters. The van der Waals surface area contributed by atoms with Gasteiger partial charge in [0.05, 0.1) is 24.2 Å². The Kier molecular flexibility index (Phi) is 8.72. The van der Waals surface area contributed by atoms with Gasteiger partial charge in [-0.15, -0.1) is 0 Å². The lowest BCUT2D eigenvalue weighted by Crippen LogP contribution is -2.46. The van der Waals surface area contributed by atoms with E-state index in [9.17, 15) is 8.78 Å². The Morgan fingerprint density at radius 2 is 1.67 bits per heavy atom. The maximum atomic E-state index is 14.2. The summed E-state index contributed by atoms with van der Waals surface area (Å²) in [5.41, 5.74) is 1.13. The van der Waals surface area contributed by atoms with E-state index in [4.69, 9.17) is 14.7 Å². The van der Waals surface area contributed by atoms with Crippen molar-refractivity contribution in [1.82, 2.24) is 29.3 Å². The van der Waals surface area contributed by atoms with Crippen molar-refractivity contribution in [2.24, 2.45) is 5.92 Å². The third-order valence-corrected chi connectivity index (χ3v) is 9.95. The van der Waals surface area contributed by atoms with E-state index in [1.807, 2.05) is 18.2 Å². The third kappa shape index (κ3) is 6.35. The summed E-state index contributed by atoms with van der Waals surface area (Å²) in [7, 11) is 0. The van der Waals surface area contributed by atoms with Gasteiger partial charge in [0, 0.05) is 44.3 Å². The van der Waals surface area contributed by atoms with Crippen LogP contribution in [0.4, 0.5) is 20.5 Å². The number of halogens is 2. The predicted molar refractivity (Wildman–Crippen MR) is 164 cm³/mol. The quantitative estimate of drug-likeness (QED) is 0.366. The minimum atomic E-state index is -2.73. The number of hydrogen-bond donors (Lipinski definition) is 1. The van der Waals surface area contributed by atoms with Crippen LogP contribution in [-0.4, -0.2) is 100 Å². The number of fused-ring (bicyclic) bond motifs is 1. The maximum Gasteiger partial charge on any atom is 0.296 e. The molecule has 43 heavy (non-hydrogen) atoms. The predicted octanol–water partition coefficient (Wildman–Crippen LogP) is 5.12. The third-order valence-electron chi connectivity index (χ3n) is 9.95. The van der Waals surface area contributed by atoms with Gasteiger partial charge in [0.1, 0.15) is 11.6 Å². The van der Waals surface area contributed by atoms with Crippen molar-refractivity contribution in [2.75, 3.05) is 69.2 Å². The molecule has 9 nitrogen and oxygen atoms in total. The van der Waals surface area contributed by atoms with E-state index in [-0.39, 0.29) is 5.82 Å². The van der Waals surface area contributed by atoms with Gasteiger partial charge in [-0.25, -0.2) is 13.8 Å². The first-order valence-electron chi connectivity index (χ1n) is 16.3. The van der Waals surface area contributed by atoms with Gasteiger partial charge < -0.3 is 19.9 Å². The zero-order valence-corrected chi connectivity index (χ0v) is 25.0. The van der Waals surface area contributed by atoms with Crippen LogP contribution < -0.4 is 10.2 Å².